The molecule has 6 aromatic rings. The van der Waals surface area contributed by atoms with Crippen molar-refractivity contribution in [2.75, 3.05) is 68.9 Å². The molecular weight excluding hydrogens is 1010 g/mol. The Morgan fingerprint density at radius 1 is 0.507 bits per heavy atom. The zero-order chi connectivity index (χ0) is 55.3. The molecule has 1 aliphatic heterocycles. The van der Waals surface area contributed by atoms with E-state index in [4.69, 9.17) is 28.4 Å². The number of piperidine rings is 1. The average Bonchev–Trinajstić information content (AvgIpc) is 4.11. The van der Waals surface area contributed by atoms with Crippen molar-refractivity contribution in [1.82, 2.24) is 15.0 Å². The van der Waals surface area contributed by atoms with Crippen molar-refractivity contribution in [1.29, 1.82) is 0 Å². The molecule has 0 radical (unpaired) electrons. The second-order valence-corrected chi connectivity index (χ2v) is 23.3. The van der Waals surface area contributed by atoms with Crippen molar-refractivity contribution < 1.29 is 48.0 Å². The third-order valence-corrected chi connectivity index (χ3v) is 13.8. The van der Waals surface area contributed by atoms with Crippen LogP contribution in [0.4, 0.5) is 15.0 Å². The zero-order valence-corrected chi connectivity index (χ0v) is 48.6. The topological polar surface area (TPSA) is 175 Å². The van der Waals surface area contributed by atoms with Crippen LogP contribution in [0.5, 0.6) is 17.2 Å². The maximum atomic E-state index is 12.8. The second kappa shape index (κ2) is 26.5. The average molecular weight is 1090 g/mol. The molecule has 406 valence electrons. The Bertz CT molecular complexity index is 2650. The highest BCUT2D eigenvalue weighted by Crippen LogP contribution is 2.39. The van der Waals surface area contributed by atoms with E-state index < -0.39 is 28.7 Å². The lowest BCUT2D eigenvalue weighted by molar-refractivity contribution is 0.00515. The number of hydroxylamine groups is 1. The standard InChI is InChI=1S/C21H28N2O3S.C18H24N2O3S.C17H22N2O4S/c1-5-25-16-11-9-15(10-12-16)18-22-17(20(24)26-21(2,3)4)19(27-18)23-13-7-6-8-14-23;1-7-22-13-10-8-12(9-11-13)15-19-14(16(24-15)20(5)6)17(21)23-18(2,3)4;1-6-22-12-9-7-11(8-10-12)14-18-13(15(24-14)19(5)21)16(20)23-17(2,3)4/h9-12H,5-8,13-14H2,1-4H3;8-11H,7H2,1-6H3;7-10,21H,6H2,1-5H3. The summed E-state index contributed by atoms with van der Waals surface area (Å²) in [7, 11) is 5.23. The first kappa shape index (κ1) is 59.6. The predicted molar refractivity (Wildman–Crippen MR) is 302 cm³/mol. The predicted octanol–water partition coefficient (Wildman–Crippen LogP) is 13.4. The molecule has 75 heavy (non-hydrogen) atoms. The number of aromatic nitrogens is 3. The Morgan fingerprint density at radius 3 is 1.16 bits per heavy atom. The van der Waals surface area contributed by atoms with Crippen LogP contribution in [0.1, 0.15) is 134 Å². The van der Waals surface area contributed by atoms with Gasteiger partial charge in [0.25, 0.3) is 0 Å². The fourth-order valence-electron chi connectivity index (χ4n) is 7.10. The second-order valence-electron chi connectivity index (χ2n) is 20.4. The number of esters is 3. The van der Waals surface area contributed by atoms with Crippen LogP contribution in [-0.2, 0) is 14.2 Å². The van der Waals surface area contributed by atoms with E-state index in [9.17, 15) is 19.6 Å². The van der Waals surface area contributed by atoms with Crippen molar-refractivity contribution in [3.8, 4) is 49.0 Å². The molecule has 19 heteroatoms. The fourth-order valence-corrected chi connectivity index (χ4v) is 10.1. The van der Waals surface area contributed by atoms with Crippen LogP contribution in [0.2, 0.25) is 0 Å². The summed E-state index contributed by atoms with van der Waals surface area (Å²) in [6.45, 7) is 26.2. The van der Waals surface area contributed by atoms with Crippen molar-refractivity contribution in [3.05, 3.63) is 89.9 Å². The van der Waals surface area contributed by atoms with Crippen molar-refractivity contribution in [2.24, 2.45) is 0 Å². The molecule has 1 aliphatic rings. The minimum atomic E-state index is -0.634. The number of benzene rings is 3. The quantitative estimate of drug-likeness (QED) is 0.0583. The van der Waals surface area contributed by atoms with Gasteiger partial charge in [0, 0.05) is 50.9 Å². The van der Waals surface area contributed by atoms with Crippen LogP contribution in [0, 0.1) is 0 Å². The third-order valence-electron chi connectivity index (χ3n) is 10.2. The summed E-state index contributed by atoms with van der Waals surface area (Å²) in [6.07, 6.45) is 3.52. The molecular formula is C56H74N6O10S3. The van der Waals surface area contributed by atoms with Gasteiger partial charge in [0.1, 0.15) is 59.1 Å². The van der Waals surface area contributed by atoms with E-state index in [-0.39, 0.29) is 11.7 Å². The molecule has 0 unspecified atom stereocenters. The molecule has 16 nitrogen and oxygen atoms in total. The maximum absolute atomic E-state index is 12.8. The normalized spacial score (nSPS) is 12.6. The highest BCUT2D eigenvalue weighted by Gasteiger charge is 2.30. The molecule has 3 aromatic carbocycles. The summed E-state index contributed by atoms with van der Waals surface area (Å²) in [6, 6.07) is 23.0. The van der Waals surface area contributed by atoms with Crippen molar-refractivity contribution in [2.45, 2.75) is 119 Å². The monoisotopic (exact) mass is 1090 g/mol. The van der Waals surface area contributed by atoms with E-state index in [1.165, 1.54) is 36.1 Å². The van der Waals surface area contributed by atoms with Crippen LogP contribution in [-0.4, -0.2) is 109 Å². The largest absolute Gasteiger partial charge is 0.494 e. The maximum Gasteiger partial charge on any atom is 0.360 e. The van der Waals surface area contributed by atoms with E-state index >= 15 is 0 Å². The van der Waals surface area contributed by atoms with Gasteiger partial charge in [-0.05, 0) is 175 Å². The lowest BCUT2D eigenvalue weighted by Crippen LogP contribution is -2.31. The molecule has 0 bridgehead atoms. The van der Waals surface area contributed by atoms with Gasteiger partial charge in [-0.15, -0.1) is 0 Å². The van der Waals surface area contributed by atoms with Crippen molar-refractivity contribution >= 4 is 66.9 Å². The van der Waals surface area contributed by atoms with Gasteiger partial charge in [0.15, 0.2) is 22.1 Å². The first-order valence-corrected chi connectivity index (χ1v) is 27.5. The number of rotatable bonds is 15. The molecule has 7 rings (SSSR count). The van der Waals surface area contributed by atoms with Crippen LogP contribution >= 0.6 is 34.0 Å². The number of thiazole rings is 3. The molecule has 0 atom stereocenters. The summed E-state index contributed by atoms with van der Waals surface area (Å²) < 4.78 is 32.8. The summed E-state index contributed by atoms with van der Waals surface area (Å²) >= 11 is 4.25. The van der Waals surface area contributed by atoms with E-state index in [1.54, 1.807) is 32.1 Å². The van der Waals surface area contributed by atoms with Crippen molar-refractivity contribution in [3.63, 3.8) is 0 Å². The molecule has 0 amide bonds. The smallest absolute Gasteiger partial charge is 0.360 e. The summed E-state index contributed by atoms with van der Waals surface area (Å²) in [5.41, 5.74) is 1.92. The number of carbonyl (C=O) groups excluding carboxylic acids is 3. The van der Waals surface area contributed by atoms with E-state index in [0.29, 0.717) is 41.2 Å². The number of nitrogens with zero attached hydrogens (tertiary/aromatic N) is 6. The lowest BCUT2D eigenvalue weighted by Gasteiger charge is -2.28. The fraction of sp³-hybridized carbons (Fsp3) is 0.464. The number of carbonyl (C=O) groups is 3. The number of anilines is 3. The van der Waals surface area contributed by atoms with E-state index in [1.807, 2.05) is 154 Å². The number of ether oxygens (including phenoxy) is 6. The summed E-state index contributed by atoms with van der Waals surface area (Å²) in [4.78, 5) is 55.3. The van der Waals surface area contributed by atoms with Crippen LogP contribution in [0.25, 0.3) is 31.7 Å². The molecule has 3 aromatic heterocycles. The van der Waals surface area contributed by atoms with Gasteiger partial charge in [0.05, 0.1) is 19.8 Å². The Labute approximate surface area is 454 Å². The SMILES string of the molecule is CCOc1ccc(-c2nc(C(=O)OC(C)(C)C)c(N(C)C)s2)cc1.CCOc1ccc(-c2nc(C(=O)OC(C)(C)C)c(N(C)O)s2)cc1.CCOc1ccc(-c2nc(C(=O)OC(C)(C)C)c(N3CCCCC3)s2)cc1. The third kappa shape index (κ3) is 17.9. The minimum absolute atomic E-state index is 0.101. The first-order valence-electron chi connectivity index (χ1n) is 25.1. The van der Waals surface area contributed by atoms with E-state index in [2.05, 4.69) is 19.9 Å². The Morgan fingerprint density at radius 2 is 0.827 bits per heavy atom. The summed E-state index contributed by atoms with van der Waals surface area (Å²) in [5, 5.41) is 15.0. The molecule has 0 aliphatic carbocycles. The van der Waals surface area contributed by atoms with Gasteiger partial charge in [-0.1, -0.05) is 34.0 Å². The van der Waals surface area contributed by atoms with Crippen LogP contribution in [0.3, 0.4) is 0 Å². The van der Waals surface area contributed by atoms with Gasteiger partial charge in [-0.25, -0.2) is 34.4 Å². The zero-order valence-electron chi connectivity index (χ0n) is 46.1. The van der Waals surface area contributed by atoms with E-state index in [0.717, 1.165) is 85.0 Å². The molecule has 1 N–H and O–H groups in total. The Balaban J connectivity index is 0.000000209. The number of hydrogen-bond acceptors (Lipinski definition) is 19. The lowest BCUT2D eigenvalue weighted by atomic mass is 10.1. The highest BCUT2D eigenvalue weighted by molar-refractivity contribution is 7.20. The van der Waals surface area contributed by atoms with Crippen LogP contribution < -0.4 is 29.1 Å². The highest BCUT2D eigenvalue weighted by atomic mass is 32.1. The van der Waals surface area contributed by atoms with Gasteiger partial charge in [-0.2, -0.15) is 0 Å². The molecule has 4 heterocycles. The molecule has 1 saturated heterocycles. The van der Waals surface area contributed by atoms with Gasteiger partial charge in [0.2, 0.25) is 0 Å². The summed E-state index contributed by atoms with van der Waals surface area (Å²) in [5.74, 6) is 1.10. The molecule has 1 fully saturated rings. The van der Waals surface area contributed by atoms with Gasteiger partial charge in [-0.3, -0.25) is 5.21 Å². The number of hydrogen-bond donors (Lipinski definition) is 1. The Hall–Kier alpha value is -6.28. The minimum Gasteiger partial charge on any atom is -0.494 e. The van der Waals surface area contributed by atoms with Gasteiger partial charge < -0.3 is 38.2 Å². The van der Waals surface area contributed by atoms with Gasteiger partial charge >= 0.3 is 17.9 Å². The van der Waals surface area contributed by atoms with Crippen LogP contribution in [0.15, 0.2) is 72.8 Å². The molecule has 0 saturated carbocycles. The first-order chi connectivity index (χ1) is 35.3. The Kier molecular flexibility index (Phi) is 21.0. The molecule has 0 spiro atoms.